The second kappa shape index (κ2) is 8.69. The molecule has 0 aliphatic rings. The molecule has 10 heavy (non-hydrogen) atoms. The van der Waals surface area contributed by atoms with Crippen molar-refractivity contribution in [1.82, 2.24) is 0 Å². The molecule has 0 fully saturated rings. The van der Waals surface area contributed by atoms with Gasteiger partial charge >= 0.3 is 0 Å². The number of benzene rings is 1. The molecule has 0 aliphatic heterocycles. The summed E-state index contributed by atoms with van der Waals surface area (Å²) in [6.07, 6.45) is 0. The van der Waals surface area contributed by atoms with Crippen molar-refractivity contribution in [3.05, 3.63) is 30.3 Å². The largest absolute Gasteiger partial charge is 0.508 e. The maximum atomic E-state index is 8.63. The van der Waals surface area contributed by atoms with Crippen LogP contribution in [0.4, 0.5) is 0 Å². The van der Waals surface area contributed by atoms with Gasteiger partial charge in [-0.05, 0) is 12.1 Å². The Kier molecular flexibility index (Phi) is 10.8. The first-order chi connectivity index (χ1) is 4.39. The zero-order chi connectivity index (χ0) is 7.11. The Morgan fingerprint density at radius 2 is 1.50 bits per heavy atom. The number of rotatable bonds is 0. The molecule has 49 valence electrons. The van der Waals surface area contributed by atoms with E-state index in [0.29, 0.717) is 5.75 Å². The molecule has 2 nitrogen and oxygen atoms in total. The van der Waals surface area contributed by atoms with Gasteiger partial charge in [0.15, 0.2) is 0 Å². The molecule has 3 heteroatoms. The van der Waals surface area contributed by atoms with Crippen molar-refractivity contribution in [1.29, 1.82) is 0 Å². The predicted octanol–water partition coefficient (Wildman–Crippen LogP) is 0.827. The molecule has 0 aromatic heterocycles. The fraction of sp³-hybridized carbons (Fsp3) is 0. The molecule has 0 saturated heterocycles. The molecule has 1 aromatic carbocycles. The summed E-state index contributed by atoms with van der Waals surface area (Å²) < 4.78 is 0. The molecule has 0 spiro atoms. The van der Waals surface area contributed by atoms with Crippen molar-refractivity contribution in [2.45, 2.75) is 0 Å². The molecule has 0 saturated carbocycles. The van der Waals surface area contributed by atoms with E-state index in [0.717, 1.165) is 0 Å². The zero-order valence-corrected chi connectivity index (χ0v) is 7.95. The Morgan fingerprint density at radius 3 is 1.70 bits per heavy atom. The summed E-state index contributed by atoms with van der Waals surface area (Å²) in [4.78, 5) is 8.00. The summed E-state index contributed by atoms with van der Waals surface area (Å²) in [6.45, 7) is 2.00. The number of carbonyl (C=O) groups is 1. The number of hydrogen-bond donors (Lipinski definition) is 1. The van der Waals surface area contributed by atoms with Gasteiger partial charge in [0.25, 0.3) is 0 Å². The third-order valence-corrected chi connectivity index (χ3v) is 0.756. The van der Waals surface area contributed by atoms with Crippen LogP contribution in [0.3, 0.4) is 0 Å². The fourth-order valence-electron chi connectivity index (χ4n) is 0.428. The molecule has 0 aliphatic carbocycles. The van der Waals surface area contributed by atoms with Crippen LogP contribution >= 0.6 is 0 Å². The van der Waals surface area contributed by atoms with E-state index in [9.17, 15) is 0 Å². The summed E-state index contributed by atoms with van der Waals surface area (Å²) in [5.74, 6) is 0.322. The SMILES string of the molecule is C=O.Oc1ccccc1.[Na]. The summed E-state index contributed by atoms with van der Waals surface area (Å²) in [5, 5.41) is 8.63. The number of aromatic hydroxyl groups is 1. The predicted molar refractivity (Wildman–Crippen MR) is 41.0 cm³/mol. The van der Waals surface area contributed by atoms with Crippen LogP contribution < -0.4 is 0 Å². The average Bonchev–Trinajstić information content (AvgIpc) is 1.94. The van der Waals surface area contributed by atoms with E-state index in [1.165, 1.54) is 0 Å². The molecule has 0 atom stereocenters. The van der Waals surface area contributed by atoms with Gasteiger partial charge in [0.05, 0.1) is 0 Å². The van der Waals surface area contributed by atoms with Crippen molar-refractivity contribution in [3.8, 4) is 5.75 Å². The standard InChI is InChI=1S/C6H6O.CH2O.Na/c7-6-4-2-1-3-5-6;1-2;/h1-5,7H;1H2;. The zero-order valence-electron chi connectivity index (χ0n) is 5.95. The number of phenols is 1. The van der Waals surface area contributed by atoms with Crippen molar-refractivity contribution in [2.24, 2.45) is 0 Å². The minimum atomic E-state index is 0. The van der Waals surface area contributed by atoms with E-state index in [1.807, 2.05) is 12.9 Å². The van der Waals surface area contributed by atoms with Crippen LogP contribution in [-0.4, -0.2) is 41.5 Å². The van der Waals surface area contributed by atoms with Gasteiger partial charge in [-0.3, -0.25) is 0 Å². The minimum absolute atomic E-state index is 0. The third kappa shape index (κ3) is 5.82. The molecule has 0 bridgehead atoms. The molecule has 0 unspecified atom stereocenters. The number of carbonyl (C=O) groups excluding carboxylic acids is 1. The van der Waals surface area contributed by atoms with Crippen LogP contribution in [-0.2, 0) is 4.79 Å². The summed E-state index contributed by atoms with van der Waals surface area (Å²) in [6, 6.07) is 8.71. The van der Waals surface area contributed by atoms with Crippen molar-refractivity contribution in [2.75, 3.05) is 0 Å². The normalized spacial score (nSPS) is 6.40. The third-order valence-electron chi connectivity index (χ3n) is 0.756. The Balaban J connectivity index is 0. The number of phenolic OH excluding ortho intramolecular Hbond substituents is 1. The summed E-state index contributed by atoms with van der Waals surface area (Å²) in [7, 11) is 0. The summed E-state index contributed by atoms with van der Waals surface area (Å²) in [5.41, 5.74) is 0. The number of hydrogen-bond acceptors (Lipinski definition) is 2. The maximum Gasteiger partial charge on any atom is 0.115 e. The Bertz CT molecular complexity index is 153. The van der Waals surface area contributed by atoms with E-state index in [1.54, 1.807) is 24.3 Å². The van der Waals surface area contributed by atoms with E-state index in [4.69, 9.17) is 9.90 Å². The van der Waals surface area contributed by atoms with Gasteiger partial charge in [-0.15, -0.1) is 0 Å². The van der Waals surface area contributed by atoms with Crippen LogP contribution in [0.2, 0.25) is 0 Å². The first kappa shape index (κ1) is 12.4. The molecule has 1 N–H and O–H groups in total. The van der Waals surface area contributed by atoms with E-state index in [-0.39, 0.29) is 29.6 Å². The summed E-state index contributed by atoms with van der Waals surface area (Å²) >= 11 is 0. The molecule has 0 amide bonds. The molecular weight excluding hydrogens is 139 g/mol. The molecule has 0 heterocycles. The van der Waals surface area contributed by atoms with Crippen LogP contribution in [0, 0.1) is 0 Å². The van der Waals surface area contributed by atoms with Crippen molar-refractivity contribution >= 4 is 36.3 Å². The van der Waals surface area contributed by atoms with Gasteiger partial charge in [-0.2, -0.15) is 0 Å². The minimum Gasteiger partial charge on any atom is -0.508 e. The van der Waals surface area contributed by atoms with Gasteiger partial charge in [0.1, 0.15) is 12.5 Å². The quantitative estimate of drug-likeness (QED) is 0.552. The molecule has 1 radical (unpaired) electrons. The van der Waals surface area contributed by atoms with Crippen LogP contribution in [0.25, 0.3) is 0 Å². The van der Waals surface area contributed by atoms with Gasteiger partial charge in [0, 0.05) is 29.6 Å². The first-order valence-corrected chi connectivity index (χ1v) is 2.42. The van der Waals surface area contributed by atoms with E-state index < -0.39 is 0 Å². The maximum absolute atomic E-state index is 8.63. The first-order valence-electron chi connectivity index (χ1n) is 2.42. The monoisotopic (exact) mass is 147 g/mol. The average molecular weight is 147 g/mol. The van der Waals surface area contributed by atoms with E-state index in [2.05, 4.69) is 0 Å². The van der Waals surface area contributed by atoms with Crippen LogP contribution in [0.15, 0.2) is 30.3 Å². The van der Waals surface area contributed by atoms with Crippen molar-refractivity contribution in [3.63, 3.8) is 0 Å². The Hall–Kier alpha value is -0.310. The molecule has 1 rings (SSSR count). The van der Waals surface area contributed by atoms with Gasteiger partial charge in [-0.1, -0.05) is 18.2 Å². The fourth-order valence-corrected chi connectivity index (χ4v) is 0.428. The van der Waals surface area contributed by atoms with Crippen LogP contribution in [0.1, 0.15) is 0 Å². The number of para-hydroxylation sites is 1. The van der Waals surface area contributed by atoms with Gasteiger partial charge in [0.2, 0.25) is 0 Å². The topological polar surface area (TPSA) is 37.3 Å². The molecule has 1 aromatic rings. The second-order valence-corrected chi connectivity index (χ2v) is 1.34. The van der Waals surface area contributed by atoms with E-state index >= 15 is 0 Å². The van der Waals surface area contributed by atoms with Gasteiger partial charge in [-0.25, -0.2) is 0 Å². The Labute approximate surface area is 82.2 Å². The second-order valence-electron chi connectivity index (χ2n) is 1.34. The smallest absolute Gasteiger partial charge is 0.115 e. The van der Waals surface area contributed by atoms with Gasteiger partial charge < -0.3 is 9.90 Å². The van der Waals surface area contributed by atoms with Crippen LogP contribution in [0.5, 0.6) is 5.75 Å². The molecular formula is C7H8NaO2. The van der Waals surface area contributed by atoms with Crippen molar-refractivity contribution < 1.29 is 9.90 Å². The Morgan fingerprint density at radius 1 is 1.10 bits per heavy atom.